The standard InChI is InChI=1S/C22H36N6/c1-19-15-20(2)18-26(17-19)11-12-28-14-13-27(22(28)21(16-23)24-3)10-6-9-25-7-4-5-8-25/h19-20H,4-15,17-18H2,1-2H3/t19-,20+. The molecule has 3 saturated heterocycles. The van der Waals surface area contributed by atoms with Crippen molar-refractivity contribution in [1.82, 2.24) is 19.6 Å². The third kappa shape index (κ3) is 5.40. The Bertz CT molecular complexity index is 598. The molecule has 6 heteroatoms. The maximum Gasteiger partial charge on any atom is 0.300 e. The second-order valence-electron chi connectivity index (χ2n) is 8.98. The number of piperidine rings is 1. The molecule has 0 radical (unpaired) electrons. The summed E-state index contributed by atoms with van der Waals surface area (Å²) in [5, 5.41) is 9.51. The lowest BCUT2D eigenvalue weighted by atomic mass is 9.92. The molecule has 3 aliphatic rings. The Morgan fingerprint density at radius 3 is 2.21 bits per heavy atom. The summed E-state index contributed by atoms with van der Waals surface area (Å²) in [5.74, 6) is 2.41. The van der Waals surface area contributed by atoms with Gasteiger partial charge in [-0.25, -0.2) is 10.1 Å². The van der Waals surface area contributed by atoms with E-state index in [2.05, 4.69) is 44.4 Å². The Morgan fingerprint density at radius 2 is 1.61 bits per heavy atom. The van der Waals surface area contributed by atoms with E-state index in [4.69, 9.17) is 6.57 Å². The van der Waals surface area contributed by atoms with Gasteiger partial charge in [-0.3, -0.25) is 0 Å². The predicted octanol–water partition coefficient (Wildman–Crippen LogP) is 2.68. The molecule has 0 N–H and O–H groups in total. The summed E-state index contributed by atoms with van der Waals surface area (Å²) in [5.41, 5.74) is 0.263. The molecule has 2 atom stereocenters. The summed E-state index contributed by atoms with van der Waals surface area (Å²) in [6.45, 7) is 22.8. The Hall–Kier alpha value is -1.76. The first-order valence-corrected chi connectivity index (χ1v) is 11.1. The number of rotatable bonds is 7. The zero-order valence-electron chi connectivity index (χ0n) is 17.7. The molecule has 3 rings (SSSR count). The zero-order valence-corrected chi connectivity index (χ0v) is 17.7. The lowest BCUT2D eigenvalue weighted by Crippen LogP contribution is -2.42. The fraction of sp³-hybridized carbons (Fsp3) is 0.818. The summed E-state index contributed by atoms with van der Waals surface area (Å²) in [6.07, 6.45) is 5.08. The molecule has 0 aromatic rings. The van der Waals surface area contributed by atoms with E-state index in [9.17, 15) is 5.26 Å². The Morgan fingerprint density at radius 1 is 0.964 bits per heavy atom. The van der Waals surface area contributed by atoms with E-state index < -0.39 is 0 Å². The van der Waals surface area contributed by atoms with Crippen LogP contribution in [0.1, 0.15) is 39.5 Å². The summed E-state index contributed by atoms with van der Waals surface area (Å²) in [4.78, 5) is 13.2. The van der Waals surface area contributed by atoms with Crippen LogP contribution in [0.4, 0.5) is 0 Å². The van der Waals surface area contributed by atoms with Crippen molar-refractivity contribution in [3.05, 3.63) is 22.9 Å². The van der Waals surface area contributed by atoms with Gasteiger partial charge in [0.1, 0.15) is 5.82 Å². The first-order valence-electron chi connectivity index (χ1n) is 11.1. The summed E-state index contributed by atoms with van der Waals surface area (Å²) >= 11 is 0. The summed E-state index contributed by atoms with van der Waals surface area (Å²) in [6, 6.07) is 2.16. The van der Waals surface area contributed by atoms with Crippen molar-refractivity contribution in [3.63, 3.8) is 0 Å². The molecule has 154 valence electrons. The molecule has 0 amide bonds. The molecule has 0 bridgehead atoms. The normalized spacial score (nSPS) is 28.4. The summed E-state index contributed by atoms with van der Waals surface area (Å²) in [7, 11) is 0. The lowest BCUT2D eigenvalue weighted by molar-refractivity contribution is 0.130. The fourth-order valence-electron chi connectivity index (χ4n) is 5.24. The van der Waals surface area contributed by atoms with Crippen LogP contribution < -0.4 is 0 Å². The highest BCUT2D eigenvalue weighted by Gasteiger charge is 2.29. The second kappa shape index (κ2) is 10.1. The average molecular weight is 385 g/mol. The Kier molecular flexibility index (Phi) is 7.59. The van der Waals surface area contributed by atoms with Gasteiger partial charge in [0.15, 0.2) is 0 Å². The van der Waals surface area contributed by atoms with Crippen LogP contribution in [0.2, 0.25) is 0 Å². The third-order valence-corrected chi connectivity index (χ3v) is 6.40. The average Bonchev–Trinajstić information content (AvgIpc) is 3.31. The van der Waals surface area contributed by atoms with Crippen LogP contribution in [0.15, 0.2) is 11.5 Å². The maximum absolute atomic E-state index is 9.51. The van der Waals surface area contributed by atoms with E-state index in [1.165, 1.54) is 45.4 Å². The van der Waals surface area contributed by atoms with E-state index in [1.54, 1.807) is 0 Å². The minimum Gasteiger partial charge on any atom is -0.365 e. The van der Waals surface area contributed by atoms with Crippen molar-refractivity contribution in [2.75, 3.05) is 65.4 Å². The van der Waals surface area contributed by atoms with Crippen molar-refractivity contribution in [2.45, 2.75) is 39.5 Å². The third-order valence-electron chi connectivity index (χ3n) is 6.40. The van der Waals surface area contributed by atoms with Crippen LogP contribution in [0, 0.1) is 29.7 Å². The van der Waals surface area contributed by atoms with E-state index in [1.807, 2.05) is 0 Å². The van der Waals surface area contributed by atoms with Crippen LogP contribution in [-0.2, 0) is 0 Å². The van der Waals surface area contributed by atoms with Crippen molar-refractivity contribution in [2.24, 2.45) is 11.8 Å². The molecule has 0 spiro atoms. The molecule has 0 unspecified atom stereocenters. The predicted molar refractivity (Wildman–Crippen MR) is 112 cm³/mol. The minimum absolute atomic E-state index is 0.263. The van der Waals surface area contributed by atoms with Gasteiger partial charge in [0, 0.05) is 45.8 Å². The fourth-order valence-corrected chi connectivity index (χ4v) is 5.24. The molecule has 3 fully saturated rings. The van der Waals surface area contributed by atoms with Crippen LogP contribution in [0.3, 0.4) is 0 Å². The van der Waals surface area contributed by atoms with Gasteiger partial charge in [-0.1, -0.05) is 13.8 Å². The molecule has 0 aromatic heterocycles. The van der Waals surface area contributed by atoms with Crippen LogP contribution in [-0.4, -0.2) is 85.0 Å². The highest BCUT2D eigenvalue weighted by Crippen LogP contribution is 2.25. The smallest absolute Gasteiger partial charge is 0.300 e. The van der Waals surface area contributed by atoms with Gasteiger partial charge < -0.3 is 19.6 Å². The van der Waals surface area contributed by atoms with Crippen LogP contribution in [0.25, 0.3) is 4.85 Å². The van der Waals surface area contributed by atoms with Crippen molar-refractivity contribution in [1.29, 1.82) is 5.26 Å². The van der Waals surface area contributed by atoms with Crippen LogP contribution in [0.5, 0.6) is 0 Å². The highest BCUT2D eigenvalue weighted by atomic mass is 15.4. The van der Waals surface area contributed by atoms with Gasteiger partial charge in [0.25, 0.3) is 0 Å². The number of nitriles is 1. The number of likely N-dealkylation sites (tertiary alicyclic amines) is 2. The molecular formula is C22H36N6. The molecule has 28 heavy (non-hydrogen) atoms. The molecule has 3 aliphatic heterocycles. The highest BCUT2D eigenvalue weighted by molar-refractivity contribution is 5.33. The minimum atomic E-state index is 0.263. The first-order chi connectivity index (χ1) is 13.6. The van der Waals surface area contributed by atoms with E-state index in [-0.39, 0.29) is 5.70 Å². The molecular weight excluding hydrogens is 348 g/mol. The van der Waals surface area contributed by atoms with Gasteiger partial charge >= 0.3 is 5.70 Å². The number of nitrogens with zero attached hydrogens (tertiary/aromatic N) is 6. The molecule has 0 saturated carbocycles. The second-order valence-corrected chi connectivity index (χ2v) is 8.98. The summed E-state index contributed by atoms with van der Waals surface area (Å²) < 4.78 is 0. The zero-order chi connectivity index (χ0) is 19.9. The monoisotopic (exact) mass is 384 g/mol. The topological polar surface area (TPSA) is 41.1 Å². The maximum atomic E-state index is 9.51. The number of allylic oxidation sites excluding steroid dienone is 1. The molecule has 0 aliphatic carbocycles. The van der Waals surface area contributed by atoms with Crippen molar-refractivity contribution >= 4 is 0 Å². The van der Waals surface area contributed by atoms with Gasteiger partial charge in [-0.15, -0.1) is 0 Å². The van der Waals surface area contributed by atoms with Gasteiger partial charge in [-0.2, -0.15) is 0 Å². The van der Waals surface area contributed by atoms with Gasteiger partial charge in [0.05, 0.1) is 12.6 Å². The van der Waals surface area contributed by atoms with Crippen LogP contribution >= 0.6 is 0 Å². The number of hydrogen-bond donors (Lipinski definition) is 0. The van der Waals surface area contributed by atoms with E-state index >= 15 is 0 Å². The van der Waals surface area contributed by atoms with E-state index in [0.29, 0.717) is 0 Å². The molecule has 0 aromatic carbocycles. The van der Waals surface area contributed by atoms with E-state index in [0.717, 1.165) is 63.3 Å². The van der Waals surface area contributed by atoms with Crippen molar-refractivity contribution in [3.8, 4) is 6.07 Å². The van der Waals surface area contributed by atoms with Crippen molar-refractivity contribution < 1.29 is 0 Å². The molecule has 3 heterocycles. The number of hydrogen-bond acceptors (Lipinski definition) is 5. The quantitative estimate of drug-likeness (QED) is 0.499. The Balaban J connectivity index is 1.57. The van der Waals surface area contributed by atoms with Gasteiger partial charge in [0.2, 0.25) is 0 Å². The first kappa shape index (κ1) is 21.0. The largest absolute Gasteiger partial charge is 0.365 e. The molecule has 6 nitrogen and oxygen atoms in total. The lowest BCUT2D eigenvalue weighted by Gasteiger charge is -2.36. The SMILES string of the molecule is [C-]#[N+]C(C#N)=C1N(CCCN2CCCC2)CCN1CCN1C[C@H](C)C[C@H](C)C1. The van der Waals surface area contributed by atoms with Gasteiger partial charge in [-0.05, 0) is 57.2 Å². The Labute approximate surface area is 171 Å².